The van der Waals surface area contributed by atoms with Gasteiger partial charge in [-0.2, -0.15) is 0 Å². The van der Waals surface area contributed by atoms with Gasteiger partial charge in [0.15, 0.2) is 0 Å². The molecule has 1 aromatic rings. The molecule has 2 N–H and O–H groups in total. The third kappa shape index (κ3) is 3.05. The van der Waals surface area contributed by atoms with Crippen LogP contribution in [-0.4, -0.2) is 48.7 Å². The van der Waals surface area contributed by atoms with Crippen molar-refractivity contribution in [2.75, 3.05) is 32.1 Å². The molecular formula is C14H14ClFN2O4. The number of hydrogen-bond donors (Lipinski definition) is 2. The first kappa shape index (κ1) is 16.3. The highest BCUT2D eigenvalue weighted by Gasteiger charge is 2.35. The number of β-amino-alcohol motifs (C(OH)–C–C–N with tert-alkyl or cyclic N) is 1. The van der Waals surface area contributed by atoms with E-state index in [9.17, 15) is 14.0 Å². The summed E-state index contributed by atoms with van der Waals surface area (Å²) in [5.41, 5.74) is -0.146. The number of rotatable bonds is 5. The third-order valence-corrected chi connectivity index (χ3v) is 3.48. The van der Waals surface area contributed by atoms with E-state index in [0.717, 1.165) is 0 Å². The molecule has 0 aromatic heterocycles. The molecule has 0 saturated carbocycles. The molecule has 1 amide bonds. The summed E-state index contributed by atoms with van der Waals surface area (Å²) in [5.74, 6) is -1.89. The normalized spacial score (nSPS) is 14.5. The molecule has 8 heteroatoms. The monoisotopic (exact) mass is 328 g/mol. The van der Waals surface area contributed by atoms with Crippen molar-refractivity contribution < 1.29 is 23.8 Å². The molecule has 0 unspecified atom stereocenters. The first-order valence-electron chi connectivity index (χ1n) is 6.42. The van der Waals surface area contributed by atoms with Crippen LogP contribution in [0, 0.1) is 5.82 Å². The Balaban J connectivity index is 2.39. The number of carbonyl (C=O) groups excluding carboxylic acids is 2. The number of carbonyl (C=O) groups is 2. The molecule has 0 radical (unpaired) electrons. The largest absolute Gasteiger partial charge is 0.466 e. The van der Waals surface area contributed by atoms with Crippen LogP contribution >= 0.6 is 11.6 Å². The van der Waals surface area contributed by atoms with Crippen molar-refractivity contribution >= 4 is 29.2 Å². The minimum atomic E-state index is -0.705. The van der Waals surface area contributed by atoms with Gasteiger partial charge >= 0.3 is 5.97 Å². The van der Waals surface area contributed by atoms with Gasteiger partial charge in [0.2, 0.25) is 0 Å². The number of benzene rings is 1. The van der Waals surface area contributed by atoms with Gasteiger partial charge in [0, 0.05) is 6.54 Å². The maximum atomic E-state index is 13.8. The van der Waals surface area contributed by atoms with Crippen LogP contribution in [-0.2, 0) is 14.3 Å². The van der Waals surface area contributed by atoms with Crippen LogP contribution in [0.4, 0.5) is 10.1 Å². The average Bonchev–Trinajstić information content (AvgIpc) is 2.80. The Morgan fingerprint density at radius 2 is 2.27 bits per heavy atom. The molecule has 6 nitrogen and oxygen atoms in total. The molecule has 0 atom stereocenters. The second-order valence-corrected chi connectivity index (χ2v) is 4.92. The van der Waals surface area contributed by atoms with E-state index >= 15 is 0 Å². The van der Waals surface area contributed by atoms with Gasteiger partial charge in [-0.1, -0.05) is 17.7 Å². The highest BCUT2D eigenvalue weighted by atomic mass is 35.5. The Morgan fingerprint density at radius 3 is 2.86 bits per heavy atom. The van der Waals surface area contributed by atoms with Crippen molar-refractivity contribution in [2.24, 2.45) is 0 Å². The van der Waals surface area contributed by atoms with E-state index in [1.807, 2.05) is 0 Å². The van der Waals surface area contributed by atoms with Gasteiger partial charge in [0.25, 0.3) is 5.91 Å². The molecule has 0 bridgehead atoms. The SMILES string of the molecule is COC(=O)C1=C(Nc2c(F)cccc2Cl)C(=O)N(CCO)C1. The fourth-order valence-corrected chi connectivity index (χ4v) is 2.30. The molecular weight excluding hydrogens is 315 g/mol. The summed E-state index contributed by atoms with van der Waals surface area (Å²) < 4.78 is 18.5. The van der Waals surface area contributed by atoms with E-state index < -0.39 is 17.7 Å². The van der Waals surface area contributed by atoms with E-state index in [1.165, 1.54) is 30.2 Å². The maximum absolute atomic E-state index is 13.8. The summed E-state index contributed by atoms with van der Waals surface area (Å²) in [6, 6.07) is 4.06. The van der Waals surface area contributed by atoms with Gasteiger partial charge in [0.1, 0.15) is 11.5 Å². The Morgan fingerprint density at radius 1 is 1.55 bits per heavy atom. The van der Waals surface area contributed by atoms with Crippen molar-refractivity contribution in [3.63, 3.8) is 0 Å². The van der Waals surface area contributed by atoms with E-state index in [0.29, 0.717) is 0 Å². The number of nitrogens with one attached hydrogen (secondary N) is 1. The topological polar surface area (TPSA) is 78.9 Å². The van der Waals surface area contributed by atoms with Gasteiger partial charge in [-0.15, -0.1) is 0 Å². The summed E-state index contributed by atoms with van der Waals surface area (Å²) in [6.45, 7) is -0.232. The minimum Gasteiger partial charge on any atom is -0.466 e. The van der Waals surface area contributed by atoms with Crippen molar-refractivity contribution in [3.8, 4) is 0 Å². The molecule has 1 heterocycles. The quantitative estimate of drug-likeness (QED) is 0.793. The molecule has 0 spiro atoms. The molecule has 22 heavy (non-hydrogen) atoms. The van der Waals surface area contributed by atoms with Crippen molar-refractivity contribution in [3.05, 3.63) is 40.3 Å². The van der Waals surface area contributed by atoms with Crippen molar-refractivity contribution in [1.82, 2.24) is 4.90 Å². The van der Waals surface area contributed by atoms with Gasteiger partial charge in [-0.25, -0.2) is 9.18 Å². The number of nitrogens with zero attached hydrogens (tertiary/aromatic N) is 1. The molecule has 0 saturated heterocycles. The van der Waals surface area contributed by atoms with E-state index in [4.69, 9.17) is 16.7 Å². The molecule has 1 aliphatic rings. The number of anilines is 1. The second kappa shape index (κ2) is 6.76. The number of halogens is 2. The molecule has 1 aromatic carbocycles. The molecule has 1 aliphatic heterocycles. The zero-order valence-electron chi connectivity index (χ0n) is 11.7. The zero-order chi connectivity index (χ0) is 16.3. The lowest BCUT2D eigenvalue weighted by Gasteiger charge is -2.15. The highest BCUT2D eigenvalue weighted by Crippen LogP contribution is 2.29. The zero-order valence-corrected chi connectivity index (χ0v) is 12.5. The third-order valence-electron chi connectivity index (χ3n) is 3.17. The van der Waals surface area contributed by atoms with Crippen molar-refractivity contribution in [1.29, 1.82) is 0 Å². The predicted molar refractivity (Wildman–Crippen MR) is 77.7 cm³/mol. The Bertz CT molecular complexity index is 627. The van der Waals surface area contributed by atoms with Crippen LogP contribution < -0.4 is 5.32 Å². The molecule has 0 fully saturated rings. The molecule has 118 valence electrons. The number of para-hydroxylation sites is 1. The number of esters is 1. The van der Waals surface area contributed by atoms with Crippen LogP contribution in [0.15, 0.2) is 29.5 Å². The Hall–Kier alpha value is -2.12. The number of aliphatic hydroxyl groups excluding tert-OH is 1. The van der Waals surface area contributed by atoms with E-state index in [1.54, 1.807) is 0 Å². The maximum Gasteiger partial charge on any atom is 0.337 e. The Kier molecular flexibility index (Phi) is 4.99. The standard InChI is InChI=1S/C14H14ClFN2O4/c1-22-14(21)8-7-18(5-6-19)13(20)11(8)17-12-9(15)3-2-4-10(12)16/h2-4,17,19H,5-7H2,1H3. The summed E-state index contributed by atoms with van der Waals surface area (Å²) in [5, 5.41) is 11.6. The van der Waals surface area contributed by atoms with Crippen LogP contribution in [0.5, 0.6) is 0 Å². The summed E-state index contributed by atoms with van der Waals surface area (Å²) >= 11 is 5.91. The number of aliphatic hydroxyl groups is 1. The highest BCUT2D eigenvalue weighted by molar-refractivity contribution is 6.33. The fourth-order valence-electron chi connectivity index (χ4n) is 2.09. The number of ether oxygens (including phenoxy) is 1. The number of hydrogen-bond acceptors (Lipinski definition) is 5. The lowest BCUT2D eigenvalue weighted by molar-refractivity contribution is -0.136. The van der Waals surface area contributed by atoms with Crippen LogP contribution in [0.25, 0.3) is 0 Å². The number of methoxy groups -OCH3 is 1. The van der Waals surface area contributed by atoms with Crippen LogP contribution in [0.1, 0.15) is 0 Å². The smallest absolute Gasteiger partial charge is 0.337 e. The second-order valence-electron chi connectivity index (χ2n) is 4.52. The first-order chi connectivity index (χ1) is 10.5. The van der Waals surface area contributed by atoms with Gasteiger partial charge < -0.3 is 20.1 Å². The lowest BCUT2D eigenvalue weighted by Crippen LogP contribution is -2.31. The van der Waals surface area contributed by atoms with E-state index in [-0.39, 0.29) is 41.7 Å². The Labute approximate surface area is 131 Å². The van der Waals surface area contributed by atoms with Gasteiger partial charge in [0.05, 0.1) is 36.5 Å². The lowest BCUT2D eigenvalue weighted by atomic mass is 10.2. The summed E-state index contributed by atoms with van der Waals surface area (Å²) in [6.07, 6.45) is 0. The number of amides is 1. The summed E-state index contributed by atoms with van der Waals surface area (Å²) in [7, 11) is 1.18. The van der Waals surface area contributed by atoms with Gasteiger partial charge in [-0.3, -0.25) is 4.79 Å². The molecule has 0 aliphatic carbocycles. The van der Waals surface area contributed by atoms with Crippen molar-refractivity contribution in [2.45, 2.75) is 0 Å². The summed E-state index contributed by atoms with van der Waals surface area (Å²) in [4.78, 5) is 25.3. The molecule has 2 rings (SSSR count). The fraction of sp³-hybridized carbons (Fsp3) is 0.286. The predicted octanol–water partition coefficient (Wildman–Crippen LogP) is 1.15. The minimum absolute atomic E-state index is 0.0273. The average molecular weight is 329 g/mol. The van der Waals surface area contributed by atoms with Crippen LogP contribution in [0.2, 0.25) is 5.02 Å². The van der Waals surface area contributed by atoms with E-state index in [2.05, 4.69) is 10.1 Å². The van der Waals surface area contributed by atoms with Crippen LogP contribution in [0.3, 0.4) is 0 Å². The first-order valence-corrected chi connectivity index (χ1v) is 6.80. The van der Waals surface area contributed by atoms with Gasteiger partial charge in [-0.05, 0) is 12.1 Å².